The van der Waals surface area contributed by atoms with E-state index in [2.05, 4.69) is 0 Å². The summed E-state index contributed by atoms with van der Waals surface area (Å²) in [5, 5.41) is 8.63. The molecule has 0 aromatic rings. The van der Waals surface area contributed by atoms with Gasteiger partial charge in [0.2, 0.25) is 5.54 Å². The lowest BCUT2D eigenvalue weighted by molar-refractivity contribution is -0.245. The van der Waals surface area contributed by atoms with Gasteiger partial charge in [-0.3, -0.25) is 4.90 Å². The van der Waals surface area contributed by atoms with Crippen molar-refractivity contribution in [2.75, 3.05) is 13.1 Å². The quantitative estimate of drug-likeness (QED) is 0.749. The molecule has 0 saturated carbocycles. The topological polar surface area (TPSA) is 40.5 Å². The summed E-state index contributed by atoms with van der Waals surface area (Å²) in [7, 11) is 0. The number of aliphatic carboxylic acids is 1. The predicted molar refractivity (Wildman–Crippen MR) is 42.8 cm³/mol. The maximum absolute atomic E-state index is 12.5. The maximum Gasteiger partial charge on any atom is 0.417 e. The number of alkyl halides is 3. The molecule has 6 heteroatoms. The number of carboxylic acids is 1. The summed E-state index contributed by atoms with van der Waals surface area (Å²) in [6.07, 6.45) is -4.74. The van der Waals surface area contributed by atoms with Crippen LogP contribution in [0.25, 0.3) is 0 Å². The molecule has 0 amide bonds. The van der Waals surface area contributed by atoms with E-state index in [1.807, 2.05) is 0 Å². The van der Waals surface area contributed by atoms with Crippen LogP contribution in [-0.4, -0.2) is 40.8 Å². The second-order valence-corrected chi connectivity index (χ2v) is 3.89. The normalized spacial score (nSPS) is 24.1. The molecule has 1 fully saturated rings. The van der Waals surface area contributed by atoms with Crippen molar-refractivity contribution < 1.29 is 23.1 Å². The Balaban J connectivity index is 2.89. The maximum atomic E-state index is 12.5. The zero-order valence-corrected chi connectivity index (χ0v) is 7.93. The summed E-state index contributed by atoms with van der Waals surface area (Å²) in [5.74, 6) is -1.70. The minimum absolute atomic E-state index is 0.135. The van der Waals surface area contributed by atoms with E-state index in [9.17, 15) is 18.0 Å². The summed E-state index contributed by atoms with van der Waals surface area (Å²) in [6, 6.07) is 0. The summed E-state index contributed by atoms with van der Waals surface area (Å²) >= 11 is 0. The number of rotatable bonds is 2. The molecule has 1 rings (SSSR count). The monoisotopic (exact) mass is 211 g/mol. The van der Waals surface area contributed by atoms with Crippen LogP contribution in [0.15, 0.2) is 0 Å². The molecular weight excluding hydrogens is 199 g/mol. The SMILES string of the molecule is CC1CN(C(C)(C(=O)O)C(F)(F)F)C1. The highest BCUT2D eigenvalue weighted by molar-refractivity contribution is 5.79. The van der Waals surface area contributed by atoms with E-state index in [-0.39, 0.29) is 19.0 Å². The molecule has 1 atom stereocenters. The molecule has 1 unspecified atom stereocenters. The summed E-state index contributed by atoms with van der Waals surface area (Å²) < 4.78 is 37.6. The highest BCUT2D eigenvalue weighted by atomic mass is 19.4. The fourth-order valence-electron chi connectivity index (χ4n) is 1.50. The molecule has 1 aliphatic heterocycles. The third kappa shape index (κ3) is 1.47. The predicted octanol–water partition coefficient (Wildman–Crippen LogP) is 1.34. The van der Waals surface area contributed by atoms with Gasteiger partial charge >= 0.3 is 12.1 Å². The van der Waals surface area contributed by atoms with E-state index in [1.165, 1.54) is 0 Å². The number of carbonyl (C=O) groups is 1. The van der Waals surface area contributed by atoms with Gasteiger partial charge in [-0.05, 0) is 12.8 Å². The van der Waals surface area contributed by atoms with Gasteiger partial charge < -0.3 is 5.11 Å². The summed E-state index contributed by atoms with van der Waals surface area (Å²) in [6.45, 7) is 2.86. The number of carboxylic acid groups (broad SMARTS) is 1. The first-order valence-corrected chi connectivity index (χ1v) is 4.24. The van der Waals surface area contributed by atoms with E-state index in [4.69, 9.17) is 5.11 Å². The molecule has 0 bridgehead atoms. The molecule has 1 aliphatic rings. The number of likely N-dealkylation sites (tertiary alicyclic amines) is 1. The molecule has 1 saturated heterocycles. The van der Waals surface area contributed by atoms with E-state index in [0.717, 1.165) is 4.90 Å². The van der Waals surface area contributed by atoms with Crippen molar-refractivity contribution in [2.24, 2.45) is 5.92 Å². The van der Waals surface area contributed by atoms with E-state index in [0.29, 0.717) is 6.92 Å². The average Bonchev–Trinajstić information content (AvgIpc) is 1.94. The highest BCUT2D eigenvalue weighted by Crippen LogP contribution is 2.39. The number of halogens is 3. The van der Waals surface area contributed by atoms with Gasteiger partial charge in [0.25, 0.3) is 0 Å². The first-order valence-electron chi connectivity index (χ1n) is 4.24. The molecule has 0 aliphatic carbocycles. The van der Waals surface area contributed by atoms with Crippen molar-refractivity contribution in [3.8, 4) is 0 Å². The Labute approximate surface area is 79.5 Å². The van der Waals surface area contributed by atoms with Gasteiger partial charge in [0.05, 0.1) is 0 Å². The van der Waals surface area contributed by atoms with Crippen molar-refractivity contribution in [1.82, 2.24) is 4.90 Å². The molecule has 82 valence electrons. The lowest BCUT2D eigenvalue weighted by Gasteiger charge is -2.47. The lowest BCUT2D eigenvalue weighted by atomic mass is 9.90. The van der Waals surface area contributed by atoms with Crippen LogP contribution in [0.3, 0.4) is 0 Å². The van der Waals surface area contributed by atoms with Gasteiger partial charge in [-0.15, -0.1) is 0 Å². The summed E-state index contributed by atoms with van der Waals surface area (Å²) in [5.41, 5.74) is -2.74. The molecule has 14 heavy (non-hydrogen) atoms. The van der Waals surface area contributed by atoms with E-state index in [1.54, 1.807) is 6.92 Å². The van der Waals surface area contributed by atoms with Gasteiger partial charge in [-0.2, -0.15) is 13.2 Å². The molecule has 0 aromatic carbocycles. The van der Waals surface area contributed by atoms with Crippen LogP contribution < -0.4 is 0 Å². The van der Waals surface area contributed by atoms with E-state index < -0.39 is 17.7 Å². The largest absolute Gasteiger partial charge is 0.480 e. The Morgan fingerprint density at radius 1 is 1.43 bits per heavy atom. The molecule has 0 radical (unpaired) electrons. The van der Waals surface area contributed by atoms with Gasteiger partial charge in [0.15, 0.2) is 0 Å². The van der Waals surface area contributed by atoms with Crippen molar-refractivity contribution >= 4 is 5.97 Å². The molecule has 3 nitrogen and oxygen atoms in total. The Bertz CT molecular complexity index is 247. The fourth-order valence-corrected chi connectivity index (χ4v) is 1.50. The molecule has 0 spiro atoms. The van der Waals surface area contributed by atoms with Gasteiger partial charge in [-0.1, -0.05) is 6.92 Å². The van der Waals surface area contributed by atoms with Crippen LogP contribution in [-0.2, 0) is 4.79 Å². The second-order valence-electron chi connectivity index (χ2n) is 3.89. The zero-order valence-electron chi connectivity index (χ0n) is 7.93. The zero-order chi connectivity index (χ0) is 11.1. The number of hydrogen-bond acceptors (Lipinski definition) is 2. The minimum Gasteiger partial charge on any atom is -0.480 e. The minimum atomic E-state index is -4.74. The Morgan fingerprint density at radius 2 is 1.86 bits per heavy atom. The van der Waals surface area contributed by atoms with Crippen molar-refractivity contribution in [1.29, 1.82) is 0 Å². The van der Waals surface area contributed by atoms with Crippen LogP contribution in [0.1, 0.15) is 13.8 Å². The van der Waals surface area contributed by atoms with Crippen LogP contribution in [0.2, 0.25) is 0 Å². The van der Waals surface area contributed by atoms with Gasteiger partial charge in [0, 0.05) is 13.1 Å². The van der Waals surface area contributed by atoms with E-state index >= 15 is 0 Å². The molecular formula is C8H12F3NO2. The van der Waals surface area contributed by atoms with Gasteiger partial charge in [0.1, 0.15) is 0 Å². The van der Waals surface area contributed by atoms with Crippen LogP contribution >= 0.6 is 0 Å². The first kappa shape index (κ1) is 11.3. The molecule has 1 N–H and O–H groups in total. The smallest absolute Gasteiger partial charge is 0.417 e. The number of hydrogen-bond donors (Lipinski definition) is 1. The van der Waals surface area contributed by atoms with Crippen molar-refractivity contribution in [2.45, 2.75) is 25.6 Å². The second kappa shape index (κ2) is 3.12. The third-order valence-corrected chi connectivity index (χ3v) is 2.67. The third-order valence-electron chi connectivity index (χ3n) is 2.67. The van der Waals surface area contributed by atoms with Crippen LogP contribution in [0.5, 0.6) is 0 Å². The average molecular weight is 211 g/mol. The Hall–Kier alpha value is -0.780. The first-order chi connectivity index (χ1) is 6.19. The Morgan fingerprint density at radius 3 is 2.07 bits per heavy atom. The number of nitrogens with zero attached hydrogens (tertiary/aromatic N) is 1. The lowest BCUT2D eigenvalue weighted by Crippen LogP contribution is -2.68. The summed E-state index contributed by atoms with van der Waals surface area (Å²) in [4.78, 5) is 11.6. The van der Waals surface area contributed by atoms with Gasteiger partial charge in [-0.25, -0.2) is 4.79 Å². The van der Waals surface area contributed by atoms with Crippen LogP contribution in [0.4, 0.5) is 13.2 Å². The van der Waals surface area contributed by atoms with Crippen molar-refractivity contribution in [3.05, 3.63) is 0 Å². The standard InChI is InChI=1S/C8H12F3NO2/c1-5-3-12(4-5)7(2,6(13)14)8(9,10)11/h5H,3-4H2,1-2H3,(H,13,14). The fraction of sp³-hybridized carbons (Fsp3) is 0.875. The molecule has 1 heterocycles. The highest BCUT2D eigenvalue weighted by Gasteiger charge is 2.62. The Kier molecular flexibility index (Phi) is 2.51. The molecule has 0 aromatic heterocycles. The van der Waals surface area contributed by atoms with Crippen molar-refractivity contribution in [3.63, 3.8) is 0 Å². The van der Waals surface area contributed by atoms with Crippen LogP contribution in [0, 0.1) is 5.92 Å².